The maximum absolute atomic E-state index is 13.7. The van der Waals surface area contributed by atoms with Crippen LogP contribution in [0.5, 0.6) is 5.75 Å². The van der Waals surface area contributed by atoms with E-state index in [1.165, 1.54) is 37.1 Å². The number of nitrogens with zero attached hydrogens (tertiary/aromatic N) is 6. The van der Waals surface area contributed by atoms with Crippen LogP contribution in [0.15, 0.2) is 71.0 Å². The van der Waals surface area contributed by atoms with Gasteiger partial charge in [-0.05, 0) is 61.2 Å². The number of ether oxygens (including phenoxy) is 1. The number of carboxylic acid groups (broad SMARTS) is 3. The van der Waals surface area contributed by atoms with Crippen LogP contribution in [-0.2, 0) is 57.2 Å². The van der Waals surface area contributed by atoms with E-state index in [0.717, 1.165) is 5.56 Å². The summed E-state index contributed by atoms with van der Waals surface area (Å²) in [6.07, 6.45) is 4.50. The molecule has 2 aromatic heterocycles. The summed E-state index contributed by atoms with van der Waals surface area (Å²) in [7, 11) is -12.1. The third-order valence-electron chi connectivity index (χ3n) is 14.3. The SMILES string of the molecule is C=C(O)CN1CCN(CC(=O)O)CCN(CC(=O)N[C@@H](CS(O)(O)O)C(=O)N[C@@H](CS(O)(O)O)C(=O)NCCNC(=O)CCCOc2cc(C)c(S(=O)(=O)NC(CNC(=O)c3cn(C)c4cc(CNc5ncc[nH]5)ccc4c3=O)C(=O)O)c(C)c2)CCN(CC(=O)O)CC1. The highest BCUT2D eigenvalue weighted by Gasteiger charge is 2.35. The van der Waals surface area contributed by atoms with E-state index in [9.17, 15) is 99.3 Å². The molecule has 0 spiro atoms. The van der Waals surface area contributed by atoms with Gasteiger partial charge in [-0.15, -0.1) is 0 Å². The number of aliphatic hydroxyl groups is 1. The van der Waals surface area contributed by atoms with E-state index in [-0.39, 0.29) is 130 Å². The molecule has 3 atom stereocenters. The molecule has 39 heteroatoms. The number of nitrogens with one attached hydrogen (secondary N) is 8. The number of aliphatic hydroxyl groups excluding tert-OH is 1. The van der Waals surface area contributed by atoms with E-state index in [1.54, 1.807) is 56.9 Å². The average molecular weight is 1390 g/mol. The van der Waals surface area contributed by atoms with Crippen LogP contribution in [0.25, 0.3) is 10.9 Å². The van der Waals surface area contributed by atoms with E-state index in [0.29, 0.717) is 18.0 Å². The van der Waals surface area contributed by atoms with Gasteiger partial charge in [0.25, 0.3) is 5.91 Å². The Morgan fingerprint density at radius 2 is 1.23 bits per heavy atom. The fraction of sp³-hybridized carbons (Fsp3) is 0.491. The number of anilines is 1. The van der Waals surface area contributed by atoms with Crippen LogP contribution in [0, 0.1) is 13.8 Å². The molecule has 1 fully saturated rings. The molecule has 0 aliphatic carbocycles. The molecule has 3 heterocycles. The highest BCUT2D eigenvalue weighted by Crippen LogP contribution is 2.35. The summed E-state index contributed by atoms with van der Waals surface area (Å²) in [5, 5.41) is 53.9. The molecule has 18 N–H and O–H groups in total. The molecular formula is C55H82N14O22S3. The number of amides is 5. The second-order valence-electron chi connectivity index (χ2n) is 22.1. The van der Waals surface area contributed by atoms with Gasteiger partial charge in [-0.2, -0.15) is 4.72 Å². The number of fused-ring (bicyclic) bond motifs is 1. The first-order valence-corrected chi connectivity index (χ1v) is 33.8. The number of pyridine rings is 1. The van der Waals surface area contributed by atoms with Crippen molar-refractivity contribution >= 4 is 96.1 Å². The van der Waals surface area contributed by atoms with Crippen molar-refractivity contribution < 1.29 is 99.3 Å². The second kappa shape index (κ2) is 35.5. The Bertz CT molecular complexity index is 3460. The average Bonchev–Trinajstić information content (AvgIpc) is 0.846. The second-order valence-corrected chi connectivity index (χ2v) is 26.9. The van der Waals surface area contributed by atoms with E-state index in [1.807, 2.05) is 0 Å². The monoisotopic (exact) mass is 1390 g/mol. The van der Waals surface area contributed by atoms with Gasteiger partial charge in [0.15, 0.2) is 5.95 Å². The van der Waals surface area contributed by atoms with Crippen molar-refractivity contribution in [1.82, 2.24) is 65.4 Å². The molecule has 0 radical (unpaired) electrons. The summed E-state index contributed by atoms with van der Waals surface area (Å²) in [5.41, 5.74) is 0.662. The Hall–Kier alpha value is -8.03. The summed E-state index contributed by atoms with van der Waals surface area (Å²) in [6, 6.07) is 1.85. The minimum Gasteiger partial charge on any atom is -0.512 e. The van der Waals surface area contributed by atoms with Crippen LogP contribution in [0.1, 0.15) is 39.9 Å². The van der Waals surface area contributed by atoms with Crippen molar-refractivity contribution in [2.45, 2.75) is 56.3 Å². The van der Waals surface area contributed by atoms with E-state index in [2.05, 4.69) is 53.2 Å². The number of carboxylic acids is 3. The summed E-state index contributed by atoms with van der Waals surface area (Å²) < 4.78 is 96.5. The molecule has 5 rings (SSSR count). The van der Waals surface area contributed by atoms with Gasteiger partial charge in [-0.3, -0.25) is 62.8 Å². The topological polar surface area (TPSA) is 530 Å². The van der Waals surface area contributed by atoms with Gasteiger partial charge >= 0.3 is 17.9 Å². The molecule has 94 heavy (non-hydrogen) atoms. The number of carbonyl (C=O) groups is 8. The molecule has 1 unspecified atom stereocenters. The van der Waals surface area contributed by atoms with E-state index >= 15 is 0 Å². The highest BCUT2D eigenvalue weighted by atomic mass is 32.3. The van der Waals surface area contributed by atoms with Gasteiger partial charge < -0.3 is 93.9 Å². The molecule has 522 valence electrons. The predicted molar refractivity (Wildman–Crippen MR) is 343 cm³/mol. The maximum atomic E-state index is 13.7. The lowest BCUT2D eigenvalue weighted by molar-refractivity contribution is -0.139. The van der Waals surface area contributed by atoms with Gasteiger partial charge in [0, 0.05) is 116 Å². The van der Waals surface area contributed by atoms with Crippen LogP contribution in [-0.4, -0.2) is 272 Å². The molecule has 4 aromatic rings. The van der Waals surface area contributed by atoms with Gasteiger partial charge in [0.05, 0.1) is 82.2 Å². The lowest BCUT2D eigenvalue weighted by Gasteiger charge is -2.33. The number of aromatic amines is 1. The summed E-state index contributed by atoms with van der Waals surface area (Å²) in [6.45, 7) is 4.95. The smallest absolute Gasteiger partial charge is 0.323 e. The number of hydrogen-bond acceptors (Lipinski definition) is 25. The number of hydrogen-bond donors (Lipinski definition) is 18. The lowest BCUT2D eigenvalue weighted by atomic mass is 10.1. The standard InChI is InChI=1S/C55H82N14O22S3/c1-34-22-38(23-35(2)50(34)94(89,90)64-41(54(81)82)26-60-51(78)40-28-65(4)44-24-37(7-8-39(44)49(40)77)25-61-55-58-11-12-59-55)91-21-5-6-45(71)56-9-10-57-52(79)42(32-92(83,84)85)63-53(80)43(33-93(86,87)88)62-46(72)29-67-15-19-68(30-47(73)74)17-13-66(27-36(3)70)14-18-69(20-16-67)31-48(75)76/h7-8,11-12,22-24,28,41-43,64,70,83-88H,3,5-6,9-10,13-21,25-27,29-33H2,1-2,4H3,(H,56,71)(H,57,79)(H,60,78)(H,62,72)(H,63,80)(H,73,74)(H,75,76)(H,81,82)(H2,58,59,61)/t41?,42-,43-/m0/s1. The van der Waals surface area contributed by atoms with E-state index < -0.39 is 140 Å². The Labute approximate surface area is 542 Å². The number of aryl methyl sites for hydroxylation is 3. The minimum absolute atomic E-state index is 0.00518. The predicted octanol–water partition coefficient (Wildman–Crippen LogP) is -1.08. The van der Waals surface area contributed by atoms with Crippen molar-refractivity contribution in [3.8, 4) is 5.75 Å². The maximum Gasteiger partial charge on any atom is 0.323 e. The zero-order valence-electron chi connectivity index (χ0n) is 51.7. The number of H-pyrrole nitrogens is 1. The molecule has 1 saturated heterocycles. The number of aliphatic carboxylic acids is 3. The zero-order valence-corrected chi connectivity index (χ0v) is 54.1. The zero-order chi connectivity index (χ0) is 69.7. The van der Waals surface area contributed by atoms with Gasteiger partial charge in [-0.25, -0.2) is 13.4 Å². The van der Waals surface area contributed by atoms with Gasteiger partial charge in [0.2, 0.25) is 39.1 Å². The fourth-order valence-corrected chi connectivity index (χ4v) is 12.9. The molecule has 1 aliphatic heterocycles. The summed E-state index contributed by atoms with van der Waals surface area (Å²) in [4.78, 5) is 129. The lowest BCUT2D eigenvalue weighted by Crippen LogP contribution is -2.58. The number of aromatic nitrogens is 3. The molecule has 36 nitrogen and oxygen atoms in total. The van der Waals surface area contributed by atoms with Crippen LogP contribution in [0.4, 0.5) is 5.95 Å². The Morgan fingerprint density at radius 1 is 0.691 bits per heavy atom. The van der Waals surface area contributed by atoms with E-state index in [4.69, 9.17) is 4.74 Å². The first-order valence-electron chi connectivity index (χ1n) is 29.0. The molecular weight excluding hydrogens is 1300 g/mol. The van der Waals surface area contributed by atoms with Crippen molar-refractivity contribution in [1.29, 1.82) is 0 Å². The first kappa shape index (κ1) is 76.7. The highest BCUT2D eigenvalue weighted by molar-refractivity contribution is 8.19. The quantitative estimate of drug-likeness (QED) is 0.0195. The van der Waals surface area contributed by atoms with Crippen molar-refractivity contribution in [2.75, 3.05) is 122 Å². The third kappa shape index (κ3) is 26.0. The van der Waals surface area contributed by atoms with Crippen molar-refractivity contribution in [3.05, 3.63) is 93.7 Å². The largest absolute Gasteiger partial charge is 0.512 e. The van der Waals surface area contributed by atoms with Gasteiger partial charge in [-0.1, -0.05) is 12.6 Å². The van der Waals surface area contributed by atoms with Crippen molar-refractivity contribution in [2.24, 2.45) is 7.05 Å². The number of rotatable bonds is 34. The summed E-state index contributed by atoms with van der Waals surface area (Å²) >= 11 is 0. The minimum atomic E-state index is -4.58. The molecule has 5 amide bonds. The number of sulfonamides is 1. The van der Waals surface area contributed by atoms with Crippen LogP contribution < -0.4 is 46.8 Å². The molecule has 0 saturated carbocycles. The Balaban J connectivity index is 1.10. The Kier molecular flexibility index (Phi) is 28.9. The number of imidazole rings is 1. The van der Waals surface area contributed by atoms with Crippen LogP contribution in [0.3, 0.4) is 0 Å². The molecule has 2 aromatic carbocycles. The van der Waals surface area contributed by atoms with Crippen LogP contribution in [0.2, 0.25) is 0 Å². The first-order chi connectivity index (χ1) is 44.1. The summed E-state index contributed by atoms with van der Waals surface area (Å²) in [5.74, 6) is -10.8. The van der Waals surface area contributed by atoms with Crippen LogP contribution >= 0.6 is 21.7 Å². The normalized spacial score (nSPS) is 15.6. The number of carbonyl (C=O) groups excluding carboxylic acids is 5. The number of benzene rings is 2. The Morgan fingerprint density at radius 3 is 1.76 bits per heavy atom. The molecule has 1 aliphatic rings. The fourth-order valence-electron chi connectivity index (χ4n) is 9.88. The van der Waals surface area contributed by atoms with Gasteiger partial charge in [0.1, 0.15) is 29.4 Å². The third-order valence-corrected chi connectivity index (χ3v) is 17.6. The van der Waals surface area contributed by atoms with Crippen molar-refractivity contribution in [3.63, 3.8) is 0 Å². The molecule has 0 bridgehead atoms.